The van der Waals surface area contributed by atoms with Gasteiger partial charge in [0.15, 0.2) is 11.5 Å². The molecule has 0 amide bonds. The van der Waals surface area contributed by atoms with Crippen LogP contribution in [0.5, 0.6) is 0 Å². The fourth-order valence-electron chi connectivity index (χ4n) is 2.51. The number of aromatic nitrogens is 3. The normalized spacial score (nSPS) is 20.6. The Balaban J connectivity index is 2.07. The van der Waals surface area contributed by atoms with E-state index in [2.05, 4.69) is 22.1 Å². The summed E-state index contributed by atoms with van der Waals surface area (Å²) in [6.45, 7) is 1.06. The van der Waals surface area contributed by atoms with Crippen molar-refractivity contribution in [2.75, 3.05) is 13.6 Å². The molecule has 3 rings (SSSR count). The quantitative estimate of drug-likeness (QED) is 0.862. The van der Waals surface area contributed by atoms with Gasteiger partial charge in [0.1, 0.15) is 0 Å². The second-order valence-corrected chi connectivity index (χ2v) is 4.65. The highest BCUT2D eigenvalue weighted by Crippen LogP contribution is 2.29. The van der Waals surface area contributed by atoms with Crippen LogP contribution in [0.4, 0.5) is 0 Å². The second-order valence-electron chi connectivity index (χ2n) is 4.65. The molecule has 0 aliphatic carbocycles. The van der Waals surface area contributed by atoms with Crippen molar-refractivity contribution in [3.8, 4) is 0 Å². The first-order valence-electron chi connectivity index (χ1n) is 5.95. The largest absolute Gasteiger partial charge is 0.478 e. The van der Waals surface area contributed by atoms with E-state index in [1.807, 2.05) is 4.40 Å². The molecule has 6 nitrogen and oxygen atoms in total. The molecule has 1 atom stereocenters. The van der Waals surface area contributed by atoms with Gasteiger partial charge in [-0.3, -0.25) is 9.30 Å². The van der Waals surface area contributed by atoms with E-state index < -0.39 is 5.97 Å². The minimum absolute atomic E-state index is 0.237. The van der Waals surface area contributed by atoms with Crippen molar-refractivity contribution >= 4 is 11.6 Å². The van der Waals surface area contributed by atoms with Crippen LogP contribution < -0.4 is 0 Å². The summed E-state index contributed by atoms with van der Waals surface area (Å²) in [7, 11) is 2.07. The number of pyridine rings is 1. The van der Waals surface area contributed by atoms with Gasteiger partial charge in [0.25, 0.3) is 0 Å². The first-order valence-corrected chi connectivity index (χ1v) is 5.95. The van der Waals surface area contributed by atoms with Crippen LogP contribution in [0.3, 0.4) is 0 Å². The van der Waals surface area contributed by atoms with Crippen LogP contribution in [0.1, 0.15) is 35.1 Å². The van der Waals surface area contributed by atoms with E-state index in [4.69, 9.17) is 5.11 Å². The third-order valence-electron chi connectivity index (χ3n) is 3.50. The summed E-state index contributed by atoms with van der Waals surface area (Å²) >= 11 is 0. The molecular weight excluding hydrogens is 232 g/mol. The van der Waals surface area contributed by atoms with Crippen LogP contribution in [0.15, 0.2) is 18.3 Å². The maximum absolute atomic E-state index is 10.9. The topological polar surface area (TPSA) is 70.7 Å². The summed E-state index contributed by atoms with van der Waals surface area (Å²) in [4.78, 5) is 13.1. The lowest BCUT2D eigenvalue weighted by Gasteiger charge is -2.17. The lowest BCUT2D eigenvalue weighted by molar-refractivity contribution is 0.0697. The average molecular weight is 246 g/mol. The monoisotopic (exact) mass is 246 g/mol. The molecule has 0 spiro atoms. The molecule has 0 bridgehead atoms. The Bertz CT molecular complexity index is 607. The van der Waals surface area contributed by atoms with Crippen LogP contribution >= 0.6 is 0 Å². The number of hydrogen-bond donors (Lipinski definition) is 1. The van der Waals surface area contributed by atoms with Crippen molar-refractivity contribution in [3.05, 3.63) is 29.7 Å². The predicted molar refractivity (Wildman–Crippen MR) is 64.6 cm³/mol. The third kappa shape index (κ3) is 1.65. The minimum atomic E-state index is -0.944. The highest BCUT2D eigenvalue weighted by atomic mass is 16.4. The first kappa shape index (κ1) is 11.2. The standard InChI is InChI=1S/C12H14N4O2/c1-15-5-2-3-9(15)11-14-13-10-7-8(12(17)18)4-6-16(10)11/h4,6-7,9H,2-3,5H2,1H3,(H,17,18). The van der Waals surface area contributed by atoms with Gasteiger partial charge in [-0.1, -0.05) is 0 Å². The van der Waals surface area contributed by atoms with Crippen LogP contribution in [-0.4, -0.2) is 44.2 Å². The number of carbonyl (C=O) groups is 1. The van der Waals surface area contributed by atoms with Crippen molar-refractivity contribution in [1.29, 1.82) is 0 Å². The fourth-order valence-corrected chi connectivity index (χ4v) is 2.51. The van der Waals surface area contributed by atoms with Gasteiger partial charge in [0, 0.05) is 6.20 Å². The number of hydrogen-bond acceptors (Lipinski definition) is 4. The number of nitrogens with zero attached hydrogens (tertiary/aromatic N) is 4. The van der Waals surface area contributed by atoms with Gasteiger partial charge in [-0.05, 0) is 38.6 Å². The minimum Gasteiger partial charge on any atom is -0.478 e. The summed E-state index contributed by atoms with van der Waals surface area (Å²) < 4.78 is 1.87. The zero-order valence-electron chi connectivity index (χ0n) is 10.1. The Morgan fingerprint density at radius 3 is 3.00 bits per heavy atom. The second kappa shape index (κ2) is 4.06. The number of carboxylic acids is 1. The van der Waals surface area contributed by atoms with E-state index in [1.165, 1.54) is 0 Å². The van der Waals surface area contributed by atoms with Crippen LogP contribution in [0.25, 0.3) is 5.65 Å². The summed E-state index contributed by atoms with van der Waals surface area (Å²) in [5.41, 5.74) is 0.825. The Morgan fingerprint density at radius 2 is 2.33 bits per heavy atom. The number of rotatable bonds is 2. The lowest BCUT2D eigenvalue weighted by atomic mass is 10.2. The molecule has 2 aromatic rings. The van der Waals surface area contributed by atoms with E-state index in [-0.39, 0.29) is 11.6 Å². The Labute approximate surface area is 104 Å². The third-order valence-corrected chi connectivity index (χ3v) is 3.50. The van der Waals surface area contributed by atoms with Gasteiger partial charge in [-0.25, -0.2) is 4.79 Å². The molecule has 1 unspecified atom stereocenters. The summed E-state index contributed by atoms with van der Waals surface area (Å²) in [6.07, 6.45) is 3.96. The Kier molecular flexibility index (Phi) is 2.52. The van der Waals surface area contributed by atoms with Gasteiger partial charge < -0.3 is 5.11 Å². The average Bonchev–Trinajstić information content (AvgIpc) is 2.93. The molecule has 6 heteroatoms. The van der Waals surface area contributed by atoms with Crippen molar-refractivity contribution in [2.24, 2.45) is 0 Å². The number of fused-ring (bicyclic) bond motifs is 1. The summed E-state index contributed by atoms with van der Waals surface area (Å²) in [6, 6.07) is 3.40. The van der Waals surface area contributed by atoms with E-state index >= 15 is 0 Å². The fraction of sp³-hybridized carbons (Fsp3) is 0.417. The molecule has 0 saturated carbocycles. The maximum Gasteiger partial charge on any atom is 0.335 e. The number of likely N-dealkylation sites (tertiary alicyclic amines) is 1. The molecule has 2 aromatic heterocycles. The zero-order valence-corrected chi connectivity index (χ0v) is 10.1. The molecule has 1 fully saturated rings. The van der Waals surface area contributed by atoms with Crippen molar-refractivity contribution in [3.63, 3.8) is 0 Å². The smallest absolute Gasteiger partial charge is 0.335 e. The SMILES string of the molecule is CN1CCCC1c1nnc2cc(C(=O)O)ccn12. The molecule has 3 heterocycles. The lowest BCUT2D eigenvalue weighted by Crippen LogP contribution is -2.19. The summed E-state index contributed by atoms with van der Waals surface area (Å²) in [5, 5.41) is 17.2. The van der Waals surface area contributed by atoms with Gasteiger partial charge in [-0.2, -0.15) is 0 Å². The highest BCUT2D eigenvalue weighted by Gasteiger charge is 2.26. The highest BCUT2D eigenvalue weighted by molar-refractivity contribution is 5.88. The van der Waals surface area contributed by atoms with Gasteiger partial charge in [0.05, 0.1) is 11.6 Å². The van der Waals surface area contributed by atoms with Crippen LogP contribution in [0.2, 0.25) is 0 Å². The predicted octanol–water partition coefficient (Wildman–Crippen LogP) is 1.19. The van der Waals surface area contributed by atoms with Crippen molar-refractivity contribution < 1.29 is 9.90 Å². The van der Waals surface area contributed by atoms with E-state index in [0.717, 1.165) is 25.2 Å². The van der Waals surface area contributed by atoms with Crippen molar-refractivity contribution in [1.82, 2.24) is 19.5 Å². The van der Waals surface area contributed by atoms with Gasteiger partial charge in [-0.15, -0.1) is 10.2 Å². The van der Waals surface area contributed by atoms with Gasteiger partial charge >= 0.3 is 5.97 Å². The van der Waals surface area contributed by atoms with E-state index in [9.17, 15) is 4.79 Å². The molecule has 1 aliphatic rings. The Morgan fingerprint density at radius 1 is 1.50 bits per heavy atom. The first-order chi connectivity index (χ1) is 8.66. The number of carboxylic acid groups (broad SMARTS) is 1. The molecule has 94 valence electrons. The van der Waals surface area contributed by atoms with Gasteiger partial charge in [0.2, 0.25) is 0 Å². The van der Waals surface area contributed by atoms with E-state index in [0.29, 0.717) is 5.65 Å². The van der Waals surface area contributed by atoms with E-state index in [1.54, 1.807) is 18.3 Å². The van der Waals surface area contributed by atoms with Crippen LogP contribution in [-0.2, 0) is 0 Å². The Hall–Kier alpha value is -1.95. The molecule has 1 saturated heterocycles. The molecule has 1 aliphatic heterocycles. The van der Waals surface area contributed by atoms with Crippen molar-refractivity contribution in [2.45, 2.75) is 18.9 Å². The summed E-state index contributed by atoms with van der Waals surface area (Å²) in [5.74, 6) is -0.0537. The molecule has 0 radical (unpaired) electrons. The number of aromatic carboxylic acids is 1. The zero-order chi connectivity index (χ0) is 12.7. The molecule has 18 heavy (non-hydrogen) atoms. The van der Waals surface area contributed by atoms with Crippen LogP contribution in [0, 0.1) is 0 Å². The molecule has 1 N–H and O–H groups in total. The maximum atomic E-state index is 10.9. The molecular formula is C12H14N4O2. The molecule has 0 aromatic carbocycles.